The van der Waals surface area contributed by atoms with Crippen molar-refractivity contribution in [2.24, 2.45) is 0 Å². The van der Waals surface area contributed by atoms with E-state index in [4.69, 9.17) is 5.11 Å². The summed E-state index contributed by atoms with van der Waals surface area (Å²) >= 11 is 0. The van der Waals surface area contributed by atoms with E-state index >= 15 is 0 Å². The Hall–Kier alpha value is -1.69. The van der Waals surface area contributed by atoms with E-state index in [1.165, 1.54) is 12.1 Å². The van der Waals surface area contributed by atoms with Crippen molar-refractivity contribution in [1.82, 2.24) is 4.90 Å². The van der Waals surface area contributed by atoms with E-state index in [0.29, 0.717) is 6.54 Å². The highest BCUT2D eigenvalue weighted by Gasteiger charge is 2.10. The molecule has 1 aromatic carbocycles. The summed E-state index contributed by atoms with van der Waals surface area (Å²) in [6.45, 7) is -2.03. The number of nitrogens with zero attached hydrogens (tertiary/aromatic N) is 1. The van der Waals surface area contributed by atoms with E-state index in [1.807, 2.05) is 0 Å². The number of aliphatic hydroxyl groups excluding tert-OH is 1. The highest BCUT2D eigenvalue weighted by molar-refractivity contribution is 5.78. The van der Waals surface area contributed by atoms with Crippen LogP contribution >= 0.6 is 0 Å². The molecule has 0 aliphatic rings. The van der Waals surface area contributed by atoms with Gasteiger partial charge in [0.1, 0.15) is 5.75 Å². The van der Waals surface area contributed by atoms with Crippen LogP contribution in [0.1, 0.15) is 24.8 Å². The first-order chi connectivity index (χ1) is 10.0. The fourth-order valence-electron chi connectivity index (χ4n) is 1.86. The van der Waals surface area contributed by atoms with Gasteiger partial charge in [0.15, 0.2) is 0 Å². The molecule has 4 nitrogen and oxygen atoms in total. The fourth-order valence-corrected chi connectivity index (χ4v) is 1.86. The van der Waals surface area contributed by atoms with Gasteiger partial charge in [0, 0.05) is 20.2 Å². The largest absolute Gasteiger partial charge is 0.435 e. The second-order valence-electron chi connectivity index (χ2n) is 4.80. The SMILES string of the molecule is CN(CCCCCO)C(=O)Cc1ccc(OC(F)F)cc1. The minimum Gasteiger partial charge on any atom is -0.435 e. The van der Waals surface area contributed by atoms with Gasteiger partial charge in [-0.1, -0.05) is 12.1 Å². The van der Waals surface area contributed by atoms with Crippen molar-refractivity contribution in [2.75, 3.05) is 20.2 Å². The summed E-state index contributed by atoms with van der Waals surface area (Å²) in [5.41, 5.74) is 0.754. The van der Waals surface area contributed by atoms with Crippen molar-refractivity contribution in [3.8, 4) is 5.75 Å². The number of benzene rings is 1. The Morgan fingerprint density at radius 3 is 2.48 bits per heavy atom. The van der Waals surface area contributed by atoms with Gasteiger partial charge < -0.3 is 14.7 Å². The number of likely N-dealkylation sites (N-methyl/N-ethyl adjacent to an activating group) is 1. The summed E-state index contributed by atoms with van der Waals surface area (Å²) in [6, 6.07) is 6.07. The number of amides is 1. The molecule has 1 N–H and O–H groups in total. The van der Waals surface area contributed by atoms with Crippen LogP contribution in [0.3, 0.4) is 0 Å². The molecule has 0 radical (unpaired) electrons. The van der Waals surface area contributed by atoms with Gasteiger partial charge >= 0.3 is 6.61 Å². The van der Waals surface area contributed by atoms with Crippen LogP contribution in [0.5, 0.6) is 5.75 Å². The van der Waals surface area contributed by atoms with E-state index in [9.17, 15) is 13.6 Å². The number of aliphatic hydroxyl groups is 1. The van der Waals surface area contributed by atoms with Crippen molar-refractivity contribution in [3.05, 3.63) is 29.8 Å². The number of ether oxygens (including phenoxy) is 1. The van der Waals surface area contributed by atoms with Crippen molar-refractivity contribution in [1.29, 1.82) is 0 Å². The van der Waals surface area contributed by atoms with Crippen LogP contribution in [0.2, 0.25) is 0 Å². The van der Waals surface area contributed by atoms with Gasteiger partial charge in [-0.25, -0.2) is 0 Å². The lowest BCUT2D eigenvalue weighted by Gasteiger charge is -2.17. The summed E-state index contributed by atoms with van der Waals surface area (Å²) in [4.78, 5) is 13.6. The van der Waals surface area contributed by atoms with Crippen LogP contribution in [0.15, 0.2) is 24.3 Å². The van der Waals surface area contributed by atoms with Crippen LogP contribution in [0.25, 0.3) is 0 Å². The summed E-state index contributed by atoms with van der Waals surface area (Å²) in [7, 11) is 1.73. The fraction of sp³-hybridized carbons (Fsp3) is 0.533. The number of halogens is 2. The monoisotopic (exact) mass is 301 g/mol. The van der Waals surface area contributed by atoms with Gasteiger partial charge in [-0.15, -0.1) is 0 Å². The average molecular weight is 301 g/mol. The molecule has 0 heterocycles. The van der Waals surface area contributed by atoms with Crippen LogP contribution in [-0.4, -0.2) is 42.7 Å². The third kappa shape index (κ3) is 7.04. The first-order valence-corrected chi connectivity index (χ1v) is 6.91. The Kier molecular flexibility index (Phi) is 7.68. The van der Waals surface area contributed by atoms with Crippen LogP contribution < -0.4 is 4.74 Å². The molecule has 1 rings (SSSR count). The van der Waals surface area contributed by atoms with Crippen molar-refractivity contribution in [2.45, 2.75) is 32.3 Å². The normalized spacial score (nSPS) is 10.7. The maximum atomic E-state index is 12.0. The summed E-state index contributed by atoms with van der Waals surface area (Å²) in [6.07, 6.45) is 2.71. The molecule has 21 heavy (non-hydrogen) atoms. The minimum atomic E-state index is -2.84. The molecular formula is C15H21F2NO3. The first-order valence-electron chi connectivity index (χ1n) is 6.91. The van der Waals surface area contributed by atoms with Gasteiger partial charge in [-0.2, -0.15) is 8.78 Å². The maximum absolute atomic E-state index is 12.0. The molecule has 0 saturated heterocycles. The molecule has 0 saturated carbocycles. The number of carbonyl (C=O) groups is 1. The lowest BCUT2D eigenvalue weighted by Crippen LogP contribution is -2.29. The topological polar surface area (TPSA) is 49.8 Å². The molecule has 0 atom stereocenters. The molecule has 1 amide bonds. The lowest BCUT2D eigenvalue weighted by molar-refractivity contribution is -0.129. The van der Waals surface area contributed by atoms with Gasteiger partial charge in [0.25, 0.3) is 0 Å². The Morgan fingerprint density at radius 1 is 1.24 bits per heavy atom. The molecule has 6 heteroatoms. The van der Waals surface area contributed by atoms with Crippen molar-refractivity contribution < 1.29 is 23.4 Å². The Bertz CT molecular complexity index is 423. The van der Waals surface area contributed by atoms with Gasteiger partial charge in [-0.3, -0.25) is 4.79 Å². The highest BCUT2D eigenvalue weighted by atomic mass is 19.3. The number of rotatable bonds is 9. The number of carbonyl (C=O) groups excluding carboxylic acids is 1. The number of alkyl halides is 2. The molecule has 0 aliphatic carbocycles. The van der Waals surface area contributed by atoms with Crippen LogP contribution in [-0.2, 0) is 11.2 Å². The van der Waals surface area contributed by atoms with E-state index < -0.39 is 6.61 Å². The quantitative estimate of drug-likeness (QED) is 0.713. The second kappa shape index (κ2) is 9.28. The predicted molar refractivity (Wildman–Crippen MR) is 75.4 cm³/mol. The summed E-state index contributed by atoms with van der Waals surface area (Å²) < 4.78 is 28.3. The maximum Gasteiger partial charge on any atom is 0.387 e. The summed E-state index contributed by atoms with van der Waals surface area (Å²) in [5, 5.41) is 8.67. The average Bonchev–Trinajstić information content (AvgIpc) is 2.45. The van der Waals surface area contributed by atoms with Crippen molar-refractivity contribution >= 4 is 5.91 Å². The van der Waals surface area contributed by atoms with Gasteiger partial charge in [-0.05, 0) is 37.0 Å². The second-order valence-corrected chi connectivity index (χ2v) is 4.80. The van der Waals surface area contributed by atoms with Gasteiger partial charge in [0.2, 0.25) is 5.91 Å². The van der Waals surface area contributed by atoms with Crippen LogP contribution in [0, 0.1) is 0 Å². The number of hydrogen-bond donors (Lipinski definition) is 1. The zero-order valence-corrected chi connectivity index (χ0v) is 12.1. The third-order valence-corrected chi connectivity index (χ3v) is 3.08. The number of unbranched alkanes of at least 4 members (excludes halogenated alkanes) is 2. The molecular weight excluding hydrogens is 280 g/mol. The zero-order chi connectivity index (χ0) is 15.7. The molecule has 1 aromatic rings. The van der Waals surface area contributed by atoms with E-state index in [0.717, 1.165) is 24.8 Å². The van der Waals surface area contributed by atoms with Crippen molar-refractivity contribution in [3.63, 3.8) is 0 Å². The molecule has 0 unspecified atom stereocenters. The minimum absolute atomic E-state index is 0.0264. The standard InChI is InChI=1S/C15H21F2NO3/c1-18(9-3-2-4-10-19)14(20)11-12-5-7-13(8-6-12)21-15(16)17/h5-8,15,19H,2-4,9-11H2,1H3. The summed E-state index contributed by atoms with van der Waals surface area (Å²) in [5.74, 6) is 0.0556. The predicted octanol–water partition coefficient (Wildman–Crippen LogP) is 2.45. The molecule has 0 spiro atoms. The first kappa shape index (κ1) is 17.4. The molecule has 0 bridgehead atoms. The highest BCUT2D eigenvalue weighted by Crippen LogP contribution is 2.15. The van der Waals surface area contributed by atoms with E-state index in [2.05, 4.69) is 4.74 Å². The zero-order valence-electron chi connectivity index (χ0n) is 12.1. The molecule has 0 aromatic heterocycles. The molecule has 0 aliphatic heterocycles. The molecule has 118 valence electrons. The Morgan fingerprint density at radius 2 is 1.90 bits per heavy atom. The smallest absolute Gasteiger partial charge is 0.387 e. The number of hydrogen-bond acceptors (Lipinski definition) is 3. The van der Waals surface area contributed by atoms with Gasteiger partial charge in [0.05, 0.1) is 6.42 Å². The third-order valence-electron chi connectivity index (χ3n) is 3.08. The lowest BCUT2D eigenvalue weighted by atomic mass is 10.1. The van der Waals surface area contributed by atoms with E-state index in [1.54, 1.807) is 24.1 Å². The Labute approximate surface area is 123 Å². The van der Waals surface area contributed by atoms with Crippen LogP contribution in [0.4, 0.5) is 8.78 Å². The molecule has 0 fully saturated rings. The Balaban J connectivity index is 2.39. The van der Waals surface area contributed by atoms with E-state index in [-0.39, 0.29) is 24.7 Å².